The largest absolute Gasteiger partial charge is 0.347 e. The molecule has 4 rings (SSSR count). The normalized spacial score (nSPS) is 11.5. The quantitative estimate of drug-likeness (QED) is 0.391. The summed E-state index contributed by atoms with van der Waals surface area (Å²) in [6, 6.07) is 12.5. The number of anilines is 1. The molecule has 0 amide bonds. The first-order chi connectivity index (χ1) is 11.8. The van der Waals surface area contributed by atoms with E-state index in [0.717, 1.165) is 22.9 Å². The van der Waals surface area contributed by atoms with Crippen LogP contribution in [0.1, 0.15) is 12.5 Å². The molecule has 0 aliphatic heterocycles. The Morgan fingerprint density at radius 2 is 2.12 bits per heavy atom. The van der Waals surface area contributed by atoms with Gasteiger partial charge in [0.2, 0.25) is 5.13 Å². The van der Waals surface area contributed by atoms with Crippen molar-refractivity contribution < 1.29 is 0 Å². The molecular weight excluding hydrogens is 336 g/mol. The number of aromatic nitrogens is 2. The van der Waals surface area contributed by atoms with Crippen molar-refractivity contribution in [1.29, 1.82) is 0 Å². The maximum absolute atomic E-state index is 4.57. The van der Waals surface area contributed by atoms with E-state index < -0.39 is 0 Å². The molecule has 0 unspecified atom stereocenters. The molecule has 4 nitrogen and oxygen atoms in total. The second kappa shape index (κ2) is 6.59. The Morgan fingerprint density at radius 3 is 2.96 bits per heavy atom. The highest BCUT2D eigenvalue weighted by molar-refractivity contribution is 7.15. The van der Waals surface area contributed by atoms with Gasteiger partial charge >= 0.3 is 0 Å². The smallest absolute Gasteiger partial charge is 0.203 e. The molecule has 0 saturated heterocycles. The lowest BCUT2D eigenvalue weighted by atomic mass is 10.2. The van der Waals surface area contributed by atoms with E-state index in [1.165, 1.54) is 15.8 Å². The second-order valence-electron chi connectivity index (χ2n) is 5.27. The molecule has 0 aliphatic rings. The van der Waals surface area contributed by atoms with Crippen molar-refractivity contribution in [2.75, 3.05) is 5.43 Å². The van der Waals surface area contributed by atoms with Crippen LogP contribution >= 0.6 is 22.7 Å². The van der Waals surface area contributed by atoms with E-state index in [-0.39, 0.29) is 0 Å². The van der Waals surface area contributed by atoms with Gasteiger partial charge in [-0.2, -0.15) is 5.10 Å². The molecule has 0 spiro atoms. The van der Waals surface area contributed by atoms with Gasteiger partial charge in [0.15, 0.2) is 0 Å². The van der Waals surface area contributed by atoms with E-state index >= 15 is 0 Å². The van der Waals surface area contributed by atoms with Crippen LogP contribution in [-0.4, -0.2) is 15.8 Å². The third-order valence-electron chi connectivity index (χ3n) is 3.80. The Hall–Kier alpha value is -2.44. The van der Waals surface area contributed by atoms with Crippen LogP contribution in [0.3, 0.4) is 0 Å². The lowest BCUT2D eigenvalue weighted by Crippen LogP contribution is -1.91. The first kappa shape index (κ1) is 15.1. The Morgan fingerprint density at radius 1 is 1.21 bits per heavy atom. The van der Waals surface area contributed by atoms with Crippen LogP contribution < -0.4 is 5.43 Å². The number of fused-ring (bicyclic) bond motifs is 1. The molecule has 120 valence electrons. The molecule has 6 heteroatoms. The third kappa shape index (κ3) is 2.86. The molecule has 3 aromatic heterocycles. The van der Waals surface area contributed by atoms with Crippen molar-refractivity contribution in [3.8, 4) is 10.6 Å². The van der Waals surface area contributed by atoms with E-state index in [1.54, 1.807) is 22.7 Å². The van der Waals surface area contributed by atoms with Crippen molar-refractivity contribution in [2.45, 2.75) is 13.5 Å². The van der Waals surface area contributed by atoms with Gasteiger partial charge in [-0.1, -0.05) is 24.3 Å². The Bertz CT molecular complexity index is 980. The minimum atomic E-state index is 0.800. The van der Waals surface area contributed by atoms with Gasteiger partial charge in [0.25, 0.3) is 0 Å². The molecule has 0 bridgehead atoms. The van der Waals surface area contributed by atoms with Gasteiger partial charge in [-0.15, -0.1) is 22.7 Å². The molecular formula is C18H16N4S2. The fraction of sp³-hybridized carbons (Fsp3) is 0.111. The number of thiophene rings is 1. The zero-order valence-electron chi connectivity index (χ0n) is 13.1. The van der Waals surface area contributed by atoms with Crippen LogP contribution in [0.4, 0.5) is 5.13 Å². The number of aryl methyl sites for hydroxylation is 1. The minimum Gasteiger partial charge on any atom is -0.347 e. The summed E-state index contributed by atoms with van der Waals surface area (Å²) in [4.78, 5) is 5.74. The van der Waals surface area contributed by atoms with E-state index in [1.807, 2.05) is 17.7 Å². The molecule has 24 heavy (non-hydrogen) atoms. The molecule has 4 aromatic rings. The lowest BCUT2D eigenvalue weighted by molar-refractivity contribution is 0.797. The number of thiazole rings is 1. The number of nitrogens with zero attached hydrogens (tertiary/aromatic N) is 3. The number of hydrogen-bond donors (Lipinski definition) is 1. The van der Waals surface area contributed by atoms with Crippen LogP contribution in [0, 0.1) is 0 Å². The Kier molecular flexibility index (Phi) is 4.15. The zero-order valence-corrected chi connectivity index (χ0v) is 14.8. The van der Waals surface area contributed by atoms with Crippen molar-refractivity contribution in [2.24, 2.45) is 5.10 Å². The highest BCUT2D eigenvalue weighted by Crippen LogP contribution is 2.28. The van der Waals surface area contributed by atoms with Crippen LogP contribution in [0.2, 0.25) is 0 Å². The van der Waals surface area contributed by atoms with Gasteiger partial charge in [-0.3, -0.25) is 5.43 Å². The van der Waals surface area contributed by atoms with Gasteiger partial charge in [0, 0.05) is 34.6 Å². The number of rotatable bonds is 5. The van der Waals surface area contributed by atoms with E-state index in [4.69, 9.17) is 0 Å². The molecule has 0 atom stereocenters. The van der Waals surface area contributed by atoms with Gasteiger partial charge in [-0.25, -0.2) is 4.98 Å². The summed E-state index contributed by atoms with van der Waals surface area (Å²) >= 11 is 3.25. The highest BCUT2D eigenvalue weighted by atomic mass is 32.1. The standard InChI is InChI=1S/C18H16N4S2/c1-2-22-11-13(14-6-3-4-7-16(14)22)10-19-21-18-20-15(12-24-18)17-8-5-9-23-17/h3-12H,2H2,1H3,(H,20,21)/b19-10-. The average molecular weight is 352 g/mol. The summed E-state index contributed by atoms with van der Waals surface area (Å²) in [6.45, 7) is 3.09. The summed E-state index contributed by atoms with van der Waals surface area (Å²) < 4.78 is 2.23. The van der Waals surface area contributed by atoms with Crippen LogP contribution in [0.5, 0.6) is 0 Å². The van der Waals surface area contributed by atoms with E-state index in [2.05, 4.69) is 68.9 Å². The predicted molar refractivity (Wildman–Crippen MR) is 104 cm³/mol. The SMILES string of the molecule is CCn1cc(/C=N\Nc2nc(-c3cccs3)cs2)c2ccccc21. The molecule has 1 aromatic carbocycles. The molecule has 0 saturated carbocycles. The minimum absolute atomic E-state index is 0.800. The van der Waals surface area contributed by atoms with Crippen molar-refractivity contribution in [1.82, 2.24) is 9.55 Å². The van der Waals surface area contributed by atoms with Crippen LogP contribution in [0.15, 0.2) is 58.5 Å². The third-order valence-corrected chi connectivity index (χ3v) is 5.44. The number of para-hydroxylation sites is 1. The van der Waals surface area contributed by atoms with Crippen molar-refractivity contribution >= 4 is 44.9 Å². The fourth-order valence-corrected chi connectivity index (χ4v) is 4.08. The number of nitrogens with one attached hydrogen (secondary N) is 1. The Balaban J connectivity index is 1.54. The molecule has 0 aliphatic carbocycles. The number of hydrogen-bond acceptors (Lipinski definition) is 5. The molecule has 1 N–H and O–H groups in total. The van der Waals surface area contributed by atoms with E-state index in [9.17, 15) is 0 Å². The van der Waals surface area contributed by atoms with Crippen molar-refractivity contribution in [3.63, 3.8) is 0 Å². The molecule has 3 heterocycles. The summed E-state index contributed by atoms with van der Waals surface area (Å²) in [6.07, 6.45) is 4.00. The first-order valence-electron chi connectivity index (χ1n) is 7.71. The summed E-state index contributed by atoms with van der Waals surface area (Å²) in [5.41, 5.74) is 6.37. The van der Waals surface area contributed by atoms with Gasteiger partial charge < -0.3 is 4.57 Å². The molecule has 0 radical (unpaired) electrons. The number of benzene rings is 1. The van der Waals surface area contributed by atoms with Crippen LogP contribution in [0.25, 0.3) is 21.5 Å². The maximum Gasteiger partial charge on any atom is 0.203 e. The maximum atomic E-state index is 4.57. The highest BCUT2D eigenvalue weighted by Gasteiger charge is 2.06. The van der Waals surface area contributed by atoms with E-state index in [0.29, 0.717) is 0 Å². The molecule has 0 fully saturated rings. The summed E-state index contributed by atoms with van der Waals surface area (Å²) in [5, 5.41) is 10.5. The predicted octanol–water partition coefficient (Wildman–Crippen LogP) is 5.29. The summed E-state index contributed by atoms with van der Waals surface area (Å²) in [7, 11) is 0. The number of hydrazone groups is 1. The van der Waals surface area contributed by atoms with Gasteiger partial charge in [0.1, 0.15) is 0 Å². The Labute approximate surface area is 148 Å². The zero-order chi connectivity index (χ0) is 16.4. The average Bonchev–Trinajstić information content (AvgIpc) is 3.35. The van der Waals surface area contributed by atoms with Gasteiger partial charge in [-0.05, 0) is 24.4 Å². The van der Waals surface area contributed by atoms with Gasteiger partial charge in [0.05, 0.1) is 16.8 Å². The fourth-order valence-electron chi connectivity index (χ4n) is 2.66. The monoisotopic (exact) mass is 352 g/mol. The van der Waals surface area contributed by atoms with Crippen LogP contribution in [-0.2, 0) is 6.54 Å². The topological polar surface area (TPSA) is 42.2 Å². The first-order valence-corrected chi connectivity index (χ1v) is 9.47. The summed E-state index contributed by atoms with van der Waals surface area (Å²) in [5.74, 6) is 0. The lowest BCUT2D eigenvalue weighted by Gasteiger charge is -1.97. The second-order valence-corrected chi connectivity index (χ2v) is 7.08. The van der Waals surface area contributed by atoms with Crippen molar-refractivity contribution in [3.05, 3.63) is 58.9 Å².